The molecule has 1 unspecified atom stereocenters. The number of benzene rings is 1. The SMILES string of the molecule is CCCNC(c1cncc(F)c1)c1cccc(C)c1I. The first kappa shape index (κ1) is 15.4. The molecule has 0 aliphatic heterocycles. The topological polar surface area (TPSA) is 24.9 Å². The van der Waals surface area contributed by atoms with Crippen LogP contribution < -0.4 is 5.32 Å². The maximum Gasteiger partial charge on any atom is 0.141 e. The second-order valence-corrected chi connectivity index (χ2v) is 5.88. The van der Waals surface area contributed by atoms with Crippen LogP contribution in [0.15, 0.2) is 36.7 Å². The van der Waals surface area contributed by atoms with Crippen LogP contribution in [0.5, 0.6) is 0 Å². The number of aryl methyl sites for hydroxylation is 1. The van der Waals surface area contributed by atoms with E-state index in [0.717, 1.165) is 18.5 Å². The predicted octanol–water partition coefficient (Wildman–Crippen LogP) is 4.22. The molecule has 2 aromatic rings. The molecule has 0 spiro atoms. The highest BCUT2D eigenvalue weighted by Gasteiger charge is 2.17. The van der Waals surface area contributed by atoms with Crippen LogP contribution in [-0.2, 0) is 0 Å². The number of pyridine rings is 1. The summed E-state index contributed by atoms with van der Waals surface area (Å²) in [5.74, 6) is -0.298. The number of aromatic nitrogens is 1. The number of nitrogens with one attached hydrogen (secondary N) is 1. The fourth-order valence-electron chi connectivity index (χ4n) is 2.18. The molecule has 2 rings (SSSR count). The fraction of sp³-hybridized carbons (Fsp3) is 0.312. The Morgan fingerprint density at radius 2 is 2.15 bits per heavy atom. The Hall–Kier alpha value is -1.01. The summed E-state index contributed by atoms with van der Waals surface area (Å²) >= 11 is 2.35. The van der Waals surface area contributed by atoms with Crippen molar-refractivity contribution in [2.45, 2.75) is 26.3 Å². The zero-order chi connectivity index (χ0) is 14.5. The van der Waals surface area contributed by atoms with Crippen molar-refractivity contribution in [3.63, 3.8) is 0 Å². The highest BCUT2D eigenvalue weighted by atomic mass is 127. The lowest BCUT2D eigenvalue weighted by molar-refractivity contribution is 0.579. The van der Waals surface area contributed by atoms with Crippen LogP contribution in [0.3, 0.4) is 0 Å². The van der Waals surface area contributed by atoms with Crippen molar-refractivity contribution in [3.8, 4) is 0 Å². The van der Waals surface area contributed by atoms with Crippen molar-refractivity contribution in [1.82, 2.24) is 10.3 Å². The van der Waals surface area contributed by atoms with Crippen LogP contribution in [0.1, 0.15) is 36.1 Å². The number of halogens is 2. The molecule has 0 saturated heterocycles. The fourth-order valence-corrected chi connectivity index (χ4v) is 2.85. The van der Waals surface area contributed by atoms with Gasteiger partial charge in [-0.1, -0.05) is 25.1 Å². The monoisotopic (exact) mass is 384 g/mol. The average molecular weight is 384 g/mol. The van der Waals surface area contributed by atoms with Crippen LogP contribution in [0.25, 0.3) is 0 Å². The Kier molecular flexibility index (Phi) is 5.48. The van der Waals surface area contributed by atoms with Crippen molar-refractivity contribution in [3.05, 3.63) is 62.7 Å². The van der Waals surface area contributed by atoms with Gasteiger partial charge >= 0.3 is 0 Å². The summed E-state index contributed by atoms with van der Waals surface area (Å²) in [5.41, 5.74) is 3.27. The molecule has 1 atom stereocenters. The molecule has 1 N–H and O–H groups in total. The smallest absolute Gasteiger partial charge is 0.141 e. The molecular formula is C16H18FIN2. The number of rotatable bonds is 5. The number of hydrogen-bond acceptors (Lipinski definition) is 2. The van der Waals surface area contributed by atoms with Gasteiger partial charge in [-0.3, -0.25) is 4.98 Å². The summed E-state index contributed by atoms with van der Waals surface area (Å²) in [6.07, 6.45) is 4.00. The molecule has 106 valence electrons. The second kappa shape index (κ2) is 7.13. The van der Waals surface area contributed by atoms with Crippen LogP contribution in [-0.4, -0.2) is 11.5 Å². The predicted molar refractivity (Wildman–Crippen MR) is 88.2 cm³/mol. The van der Waals surface area contributed by atoms with E-state index in [0.29, 0.717) is 0 Å². The molecule has 0 bridgehead atoms. The first-order valence-electron chi connectivity index (χ1n) is 6.72. The summed E-state index contributed by atoms with van der Waals surface area (Å²) < 4.78 is 14.7. The van der Waals surface area contributed by atoms with E-state index in [1.165, 1.54) is 20.9 Å². The lowest BCUT2D eigenvalue weighted by Crippen LogP contribution is -2.24. The molecule has 1 heterocycles. The van der Waals surface area contributed by atoms with Gasteiger partial charge in [-0.15, -0.1) is 0 Å². The molecule has 2 nitrogen and oxygen atoms in total. The third-order valence-electron chi connectivity index (χ3n) is 3.19. The van der Waals surface area contributed by atoms with E-state index in [2.05, 4.69) is 58.9 Å². The lowest BCUT2D eigenvalue weighted by Gasteiger charge is -2.21. The minimum absolute atomic E-state index is 0.0232. The van der Waals surface area contributed by atoms with E-state index in [4.69, 9.17) is 0 Å². The van der Waals surface area contributed by atoms with Gasteiger partial charge in [0.25, 0.3) is 0 Å². The van der Waals surface area contributed by atoms with E-state index in [9.17, 15) is 4.39 Å². The quantitative estimate of drug-likeness (QED) is 0.781. The molecule has 1 aromatic carbocycles. The van der Waals surface area contributed by atoms with Gasteiger partial charge in [0.1, 0.15) is 5.82 Å². The minimum atomic E-state index is -0.298. The molecule has 1 aromatic heterocycles. The van der Waals surface area contributed by atoms with Crippen molar-refractivity contribution in [1.29, 1.82) is 0 Å². The standard InChI is InChI=1S/C16H18FIN2/c1-3-7-20-16(12-8-13(17)10-19-9-12)14-6-4-5-11(2)15(14)18/h4-6,8-10,16,20H,3,7H2,1-2H3. The second-order valence-electron chi connectivity index (χ2n) is 4.80. The van der Waals surface area contributed by atoms with Gasteiger partial charge in [-0.05, 0) is 65.2 Å². The van der Waals surface area contributed by atoms with E-state index in [-0.39, 0.29) is 11.9 Å². The van der Waals surface area contributed by atoms with Crippen LogP contribution >= 0.6 is 22.6 Å². The van der Waals surface area contributed by atoms with Crippen molar-refractivity contribution in [2.24, 2.45) is 0 Å². The van der Waals surface area contributed by atoms with Gasteiger partial charge in [-0.25, -0.2) is 4.39 Å². The number of nitrogens with zero attached hydrogens (tertiary/aromatic N) is 1. The third kappa shape index (κ3) is 3.55. The van der Waals surface area contributed by atoms with Gasteiger partial charge in [0.05, 0.1) is 12.2 Å². The maximum absolute atomic E-state index is 13.5. The van der Waals surface area contributed by atoms with E-state index in [1.807, 2.05) is 6.07 Å². The highest BCUT2D eigenvalue weighted by Crippen LogP contribution is 2.28. The van der Waals surface area contributed by atoms with Gasteiger partial charge < -0.3 is 5.32 Å². The van der Waals surface area contributed by atoms with Gasteiger partial charge in [0.2, 0.25) is 0 Å². The zero-order valence-corrected chi connectivity index (χ0v) is 13.8. The summed E-state index contributed by atoms with van der Waals surface area (Å²) in [5, 5.41) is 3.49. The van der Waals surface area contributed by atoms with Gasteiger partial charge in [0.15, 0.2) is 0 Å². The largest absolute Gasteiger partial charge is 0.306 e. The molecule has 0 radical (unpaired) electrons. The van der Waals surface area contributed by atoms with Gasteiger partial charge in [0, 0.05) is 9.77 Å². The molecule has 0 aliphatic carbocycles. The summed E-state index contributed by atoms with van der Waals surface area (Å²) in [6, 6.07) is 7.75. The Labute approximate surface area is 133 Å². The minimum Gasteiger partial charge on any atom is -0.306 e. The molecule has 0 saturated carbocycles. The normalized spacial score (nSPS) is 12.4. The van der Waals surface area contributed by atoms with Crippen molar-refractivity contribution < 1.29 is 4.39 Å². The van der Waals surface area contributed by atoms with Crippen LogP contribution in [0.2, 0.25) is 0 Å². The molecule has 20 heavy (non-hydrogen) atoms. The lowest BCUT2D eigenvalue weighted by atomic mass is 9.98. The molecule has 0 aliphatic rings. The van der Waals surface area contributed by atoms with E-state index < -0.39 is 0 Å². The summed E-state index contributed by atoms with van der Waals surface area (Å²) in [4.78, 5) is 3.97. The Bertz CT molecular complexity index is 586. The number of hydrogen-bond donors (Lipinski definition) is 1. The van der Waals surface area contributed by atoms with E-state index >= 15 is 0 Å². The van der Waals surface area contributed by atoms with Crippen LogP contribution in [0, 0.1) is 16.3 Å². The Balaban J connectivity index is 2.44. The molecule has 4 heteroatoms. The average Bonchev–Trinajstić information content (AvgIpc) is 2.44. The molecular weight excluding hydrogens is 366 g/mol. The molecule has 0 amide bonds. The zero-order valence-electron chi connectivity index (χ0n) is 11.7. The van der Waals surface area contributed by atoms with Crippen molar-refractivity contribution in [2.75, 3.05) is 6.54 Å². The third-order valence-corrected chi connectivity index (χ3v) is 4.66. The summed E-state index contributed by atoms with van der Waals surface area (Å²) in [7, 11) is 0. The van der Waals surface area contributed by atoms with Crippen molar-refractivity contribution >= 4 is 22.6 Å². The molecule has 0 fully saturated rings. The Morgan fingerprint density at radius 3 is 2.85 bits per heavy atom. The maximum atomic E-state index is 13.5. The highest BCUT2D eigenvalue weighted by molar-refractivity contribution is 14.1. The van der Waals surface area contributed by atoms with Crippen LogP contribution in [0.4, 0.5) is 4.39 Å². The van der Waals surface area contributed by atoms with Gasteiger partial charge in [-0.2, -0.15) is 0 Å². The Morgan fingerprint density at radius 1 is 1.35 bits per heavy atom. The summed E-state index contributed by atoms with van der Waals surface area (Å²) in [6.45, 7) is 5.09. The van der Waals surface area contributed by atoms with E-state index in [1.54, 1.807) is 12.3 Å². The first-order valence-corrected chi connectivity index (χ1v) is 7.80. The first-order chi connectivity index (χ1) is 9.63.